The first-order valence-electron chi connectivity index (χ1n) is 9.29. The number of hydrogen-bond acceptors (Lipinski definition) is 3. The third-order valence-electron chi connectivity index (χ3n) is 6.62. The predicted molar refractivity (Wildman–Crippen MR) is 90.9 cm³/mol. The van der Waals surface area contributed by atoms with Gasteiger partial charge in [-0.2, -0.15) is 0 Å². The number of rotatable bonds is 3. The highest BCUT2D eigenvalue weighted by Gasteiger charge is 2.51. The van der Waals surface area contributed by atoms with Crippen molar-refractivity contribution in [2.75, 3.05) is 6.54 Å². The van der Waals surface area contributed by atoms with E-state index in [1.165, 1.54) is 19.3 Å². The fourth-order valence-corrected chi connectivity index (χ4v) is 6.13. The maximum Gasteiger partial charge on any atom is 0.262 e. The third-order valence-corrected chi connectivity index (χ3v) is 6.62. The molecule has 25 heavy (non-hydrogen) atoms. The van der Waals surface area contributed by atoms with E-state index in [2.05, 4.69) is 5.32 Å². The standard InChI is InChI=1S/C20H22N2O3/c23-17(11-22-18(24)15-3-1-2-4-16(15)19(22)25)21-20-8-12-5-13(9-20)7-14(6-12)10-20/h1-4,12-14H,5-11H2,(H,21,23). The maximum absolute atomic E-state index is 12.7. The smallest absolute Gasteiger partial charge is 0.262 e. The molecule has 0 saturated heterocycles. The van der Waals surface area contributed by atoms with Crippen LogP contribution in [-0.4, -0.2) is 34.7 Å². The summed E-state index contributed by atoms with van der Waals surface area (Å²) in [5, 5.41) is 3.23. The van der Waals surface area contributed by atoms with E-state index in [1.807, 2.05) is 0 Å². The summed E-state index contributed by atoms with van der Waals surface area (Å²) in [6.45, 7) is -0.173. The maximum atomic E-state index is 12.7. The quantitative estimate of drug-likeness (QED) is 0.861. The lowest BCUT2D eigenvalue weighted by Crippen LogP contribution is -2.61. The monoisotopic (exact) mass is 338 g/mol. The van der Waals surface area contributed by atoms with E-state index < -0.39 is 0 Å². The Balaban J connectivity index is 1.31. The second kappa shape index (κ2) is 5.16. The summed E-state index contributed by atoms with van der Waals surface area (Å²) in [4.78, 5) is 38.6. The Morgan fingerprint density at radius 1 is 0.960 bits per heavy atom. The van der Waals surface area contributed by atoms with Crippen LogP contribution in [0.3, 0.4) is 0 Å². The van der Waals surface area contributed by atoms with Crippen molar-refractivity contribution in [3.05, 3.63) is 35.4 Å². The molecule has 4 aliphatic carbocycles. The minimum Gasteiger partial charge on any atom is -0.349 e. The molecular formula is C20H22N2O3. The minimum absolute atomic E-state index is 0.0928. The molecule has 1 heterocycles. The van der Waals surface area contributed by atoms with Gasteiger partial charge in [0.2, 0.25) is 5.91 Å². The van der Waals surface area contributed by atoms with Crippen LogP contribution in [0.5, 0.6) is 0 Å². The average molecular weight is 338 g/mol. The zero-order valence-corrected chi connectivity index (χ0v) is 14.2. The summed E-state index contributed by atoms with van der Waals surface area (Å²) < 4.78 is 0. The van der Waals surface area contributed by atoms with Gasteiger partial charge in [-0.05, 0) is 68.4 Å². The van der Waals surface area contributed by atoms with E-state index in [-0.39, 0.29) is 29.8 Å². The molecule has 5 aliphatic rings. The zero-order chi connectivity index (χ0) is 17.2. The molecule has 130 valence electrons. The number of hydrogen-bond donors (Lipinski definition) is 1. The highest BCUT2D eigenvalue weighted by atomic mass is 16.2. The van der Waals surface area contributed by atoms with Gasteiger partial charge in [0.05, 0.1) is 11.1 Å². The van der Waals surface area contributed by atoms with Gasteiger partial charge in [0.15, 0.2) is 0 Å². The van der Waals surface area contributed by atoms with Gasteiger partial charge < -0.3 is 5.32 Å². The molecule has 4 saturated carbocycles. The van der Waals surface area contributed by atoms with E-state index in [0.29, 0.717) is 11.1 Å². The molecule has 1 aromatic carbocycles. The van der Waals surface area contributed by atoms with Crippen LogP contribution in [0.15, 0.2) is 24.3 Å². The highest BCUT2D eigenvalue weighted by Crippen LogP contribution is 2.55. The number of fused-ring (bicyclic) bond motifs is 1. The fraction of sp³-hybridized carbons (Fsp3) is 0.550. The number of nitrogens with one attached hydrogen (secondary N) is 1. The van der Waals surface area contributed by atoms with Gasteiger partial charge in [0.1, 0.15) is 6.54 Å². The molecule has 1 N–H and O–H groups in total. The minimum atomic E-state index is -0.360. The number of amides is 3. The number of nitrogens with zero attached hydrogens (tertiary/aromatic N) is 1. The van der Waals surface area contributed by atoms with Gasteiger partial charge in [0, 0.05) is 5.54 Å². The van der Waals surface area contributed by atoms with Crippen molar-refractivity contribution in [3.63, 3.8) is 0 Å². The predicted octanol–water partition coefficient (Wildman–Crippen LogP) is 2.37. The summed E-state index contributed by atoms with van der Waals surface area (Å²) in [5.74, 6) is 1.31. The molecule has 5 heteroatoms. The Bertz CT molecular complexity index is 715. The Kier molecular flexibility index (Phi) is 3.12. The fourth-order valence-electron chi connectivity index (χ4n) is 6.13. The molecular weight excluding hydrogens is 316 g/mol. The second-order valence-corrected chi connectivity index (χ2v) is 8.49. The van der Waals surface area contributed by atoms with Gasteiger partial charge in [-0.15, -0.1) is 0 Å². The van der Waals surface area contributed by atoms with Gasteiger partial charge in [-0.25, -0.2) is 0 Å². The number of carbonyl (C=O) groups excluding carboxylic acids is 3. The molecule has 4 fully saturated rings. The third kappa shape index (κ3) is 2.32. The topological polar surface area (TPSA) is 66.5 Å². The molecule has 0 aromatic heterocycles. The first kappa shape index (κ1) is 15.1. The summed E-state index contributed by atoms with van der Waals surface area (Å²) >= 11 is 0. The van der Waals surface area contributed by atoms with Crippen molar-refractivity contribution in [1.29, 1.82) is 0 Å². The summed E-state index contributed by atoms with van der Waals surface area (Å²) in [6, 6.07) is 6.77. The van der Waals surface area contributed by atoms with Crippen LogP contribution in [-0.2, 0) is 4.79 Å². The van der Waals surface area contributed by atoms with Gasteiger partial charge in [0.25, 0.3) is 11.8 Å². The van der Waals surface area contributed by atoms with E-state index in [1.54, 1.807) is 24.3 Å². The Labute approximate surface area is 146 Å². The summed E-state index contributed by atoms with van der Waals surface area (Å²) in [7, 11) is 0. The number of benzene rings is 1. The van der Waals surface area contributed by atoms with Crippen LogP contribution in [0, 0.1) is 17.8 Å². The van der Waals surface area contributed by atoms with Crippen molar-refractivity contribution in [1.82, 2.24) is 10.2 Å². The van der Waals surface area contributed by atoms with Crippen LogP contribution in [0.1, 0.15) is 59.2 Å². The summed E-state index contributed by atoms with van der Waals surface area (Å²) in [5.41, 5.74) is 0.704. The Morgan fingerprint density at radius 3 is 1.92 bits per heavy atom. The first-order valence-corrected chi connectivity index (χ1v) is 9.29. The van der Waals surface area contributed by atoms with Gasteiger partial charge in [-0.3, -0.25) is 19.3 Å². The van der Waals surface area contributed by atoms with E-state index in [9.17, 15) is 14.4 Å². The highest BCUT2D eigenvalue weighted by molar-refractivity contribution is 6.22. The molecule has 0 atom stereocenters. The van der Waals surface area contributed by atoms with Crippen molar-refractivity contribution in [2.45, 2.75) is 44.1 Å². The molecule has 1 aromatic rings. The lowest BCUT2D eigenvalue weighted by atomic mass is 9.53. The zero-order valence-electron chi connectivity index (χ0n) is 14.2. The van der Waals surface area contributed by atoms with Gasteiger partial charge in [-0.1, -0.05) is 12.1 Å². The molecule has 4 bridgehead atoms. The largest absolute Gasteiger partial charge is 0.349 e. The van der Waals surface area contributed by atoms with E-state index in [4.69, 9.17) is 0 Å². The van der Waals surface area contributed by atoms with Crippen molar-refractivity contribution < 1.29 is 14.4 Å². The molecule has 3 amide bonds. The molecule has 0 unspecified atom stereocenters. The first-order chi connectivity index (χ1) is 12.0. The molecule has 1 aliphatic heterocycles. The van der Waals surface area contributed by atoms with Crippen molar-refractivity contribution in [2.24, 2.45) is 17.8 Å². The van der Waals surface area contributed by atoms with E-state index >= 15 is 0 Å². The molecule has 6 rings (SSSR count). The molecule has 5 nitrogen and oxygen atoms in total. The van der Waals surface area contributed by atoms with Crippen molar-refractivity contribution in [3.8, 4) is 0 Å². The normalized spacial score (nSPS) is 35.2. The van der Waals surface area contributed by atoms with Crippen LogP contribution >= 0.6 is 0 Å². The Morgan fingerprint density at radius 2 is 1.44 bits per heavy atom. The molecule has 0 radical (unpaired) electrons. The van der Waals surface area contributed by atoms with E-state index in [0.717, 1.165) is 41.9 Å². The van der Waals surface area contributed by atoms with Crippen LogP contribution in [0.2, 0.25) is 0 Å². The van der Waals surface area contributed by atoms with Crippen LogP contribution in [0.4, 0.5) is 0 Å². The number of imide groups is 1. The van der Waals surface area contributed by atoms with Crippen LogP contribution < -0.4 is 5.32 Å². The Hall–Kier alpha value is -2.17. The van der Waals surface area contributed by atoms with Gasteiger partial charge >= 0.3 is 0 Å². The van der Waals surface area contributed by atoms with Crippen LogP contribution in [0.25, 0.3) is 0 Å². The second-order valence-electron chi connectivity index (χ2n) is 8.49. The SMILES string of the molecule is O=C(CN1C(=O)c2ccccc2C1=O)NC12CC3CC(CC(C3)C1)C2. The summed E-state index contributed by atoms with van der Waals surface area (Å²) in [6.07, 6.45) is 7.13. The van der Waals surface area contributed by atoms with Crippen molar-refractivity contribution >= 4 is 17.7 Å². The number of carbonyl (C=O) groups is 3. The lowest BCUT2D eigenvalue weighted by molar-refractivity contribution is -0.127. The average Bonchev–Trinajstić information content (AvgIpc) is 2.78. The molecule has 0 spiro atoms. The lowest BCUT2D eigenvalue weighted by Gasteiger charge is -2.57.